The van der Waals surface area contributed by atoms with Crippen LogP contribution in [0.4, 0.5) is 5.69 Å². The molecule has 1 N–H and O–H groups in total. The highest BCUT2D eigenvalue weighted by atomic mass is 32.2. The highest BCUT2D eigenvalue weighted by Gasteiger charge is 2.23. The van der Waals surface area contributed by atoms with E-state index in [0.717, 1.165) is 19.5 Å². The average molecular weight is 282 g/mol. The largest absolute Gasteiger partial charge is 0.371 e. The molecule has 1 saturated heterocycles. The summed E-state index contributed by atoms with van der Waals surface area (Å²) >= 11 is 0. The fraction of sp³-hybridized carbons (Fsp3) is 0.571. The molecule has 106 valence electrons. The molecule has 4 nitrogen and oxygen atoms in total. The zero-order valence-corrected chi connectivity index (χ0v) is 12.2. The first-order valence-electron chi connectivity index (χ1n) is 6.88. The van der Waals surface area contributed by atoms with E-state index in [1.54, 1.807) is 0 Å². The molecule has 1 fully saturated rings. The lowest BCUT2D eigenvalue weighted by Crippen LogP contribution is -2.32. The molecule has 1 aromatic carbocycles. The molecule has 0 radical (unpaired) electrons. The molecule has 0 aliphatic carbocycles. The van der Waals surface area contributed by atoms with Crippen LogP contribution in [0, 0.1) is 5.92 Å². The van der Waals surface area contributed by atoms with Crippen molar-refractivity contribution in [1.82, 2.24) is 4.72 Å². The minimum Gasteiger partial charge on any atom is -0.371 e. The van der Waals surface area contributed by atoms with Gasteiger partial charge in [-0.25, -0.2) is 13.1 Å². The van der Waals surface area contributed by atoms with Gasteiger partial charge < -0.3 is 4.90 Å². The van der Waals surface area contributed by atoms with Gasteiger partial charge in [-0.1, -0.05) is 25.1 Å². The Morgan fingerprint density at radius 1 is 1.32 bits per heavy atom. The highest BCUT2D eigenvalue weighted by Crippen LogP contribution is 2.23. The number of sulfonamides is 1. The number of rotatable bonds is 6. The van der Waals surface area contributed by atoms with Crippen molar-refractivity contribution in [3.8, 4) is 0 Å². The predicted octanol–water partition coefficient (Wildman–Crippen LogP) is 1.84. The van der Waals surface area contributed by atoms with E-state index in [1.807, 2.05) is 25.1 Å². The van der Waals surface area contributed by atoms with Crippen molar-refractivity contribution < 1.29 is 8.42 Å². The molecule has 0 amide bonds. The summed E-state index contributed by atoms with van der Waals surface area (Å²) < 4.78 is 25.9. The summed E-state index contributed by atoms with van der Waals surface area (Å²) in [5.41, 5.74) is 1.22. The maximum Gasteiger partial charge on any atom is 0.211 e. The van der Waals surface area contributed by atoms with Crippen molar-refractivity contribution in [2.45, 2.75) is 19.8 Å². The third kappa shape index (κ3) is 4.21. The maximum atomic E-state index is 11.6. The monoisotopic (exact) mass is 282 g/mol. The molecule has 1 atom stereocenters. The van der Waals surface area contributed by atoms with E-state index in [9.17, 15) is 8.42 Å². The van der Waals surface area contributed by atoms with Crippen LogP contribution < -0.4 is 9.62 Å². The van der Waals surface area contributed by atoms with Gasteiger partial charge in [0, 0.05) is 25.3 Å². The van der Waals surface area contributed by atoms with Crippen molar-refractivity contribution in [2.24, 2.45) is 5.92 Å². The molecule has 0 bridgehead atoms. The van der Waals surface area contributed by atoms with Crippen molar-refractivity contribution in [1.29, 1.82) is 0 Å². The maximum absolute atomic E-state index is 11.6. The molecule has 0 saturated carbocycles. The first kappa shape index (κ1) is 14.3. The molecule has 0 spiro atoms. The summed E-state index contributed by atoms with van der Waals surface area (Å²) in [6.45, 7) is 4.38. The Kier molecular flexibility index (Phi) is 4.82. The summed E-state index contributed by atoms with van der Waals surface area (Å²) in [6.07, 6.45) is 1.71. The number of anilines is 1. The van der Waals surface area contributed by atoms with Crippen molar-refractivity contribution >= 4 is 15.7 Å². The first-order valence-corrected chi connectivity index (χ1v) is 8.53. The normalized spacial score (nSPS) is 19.8. The van der Waals surface area contributed by atoms with Crippen LogP contribution in [-0.2, 0) is 10.0 Å². The Hall–Kier alpha value is -1.07. The predicted molar refractivity (Wildman–Crippen MR) is 78.8 cm³/mol. The van der Waals surface area contributed by atoms with Gasteiger partial charge in [0.2, 0.25) is 10.0 Å². The minimum absolute atomic E-state index is 0.224. The molecule has 1 aromatic rings. The molecular weight excluding hydrogens is 260 g/mol. The van der Waals surface area contributed by atoms with E-state index >= 15 is 0 Å². The zero-order chi connectivity index (χ0) is 13.7. The second-order valence-corrected chi connectivity index (χ2v) is 7.03. The molecule has 1 aliphatic heterocycles. The van der Waals surface area contributed by atoms with Gasteiger partial charge in [0.15, 0.2) is 0 Å². The fourth-order valence-corrected chi connectivity index (χ4v) is 3.63. The van der Waals surface area contributed by atoms with Crippen molar-refractivity contribution in [2.75, 3.05) is 30.3 Å². The summed E-state index contributed by atoms with van der Waals surface area (Å²) in [4.78, 5) is 2.32. The van der Waals surface area contributed by atoms with Gasteiger partial charge in [-0.2, -0.15) is 0 Å². The van der Waals surface area contributed by atoms with E-state index in [-0.39, 0.29) is 5.75 Å². The fourth-order valence-electron chi connectivity index (χ4n) is 2.46. The third-order valence-electron chi connectivity index (χ3n) is 3.47. The summed E-state index contributed by atoms with van der Waals surface area (Å²) in [5.74, 6) is 0.633. The second kappa shape index (κ2) is 6.39. The second-order valence-electron chi connectivity index (χ2n) is 5.10. The van der Waals surface area contributed by atoms with Gasteiger partial charge in [0.1, 0.15) is 0 Å². The van der Waals surface area contributed by atoms with Crippen LogP contribution >= 0.6 is 0 Å². The quantitative estimate of drug-likeness (QED) is 0.866. The van der Waals surface area contributed by atoms with Crippen LogP contribution in [0.3, 0.4) is 0 Å². The summed E-state index contributed by atoms with van der Waals surface area (Å²) in [5, 5.41) is 0. The smallest absolute Gasteiger partial charge is 0.211 e. The van der Waals surface area contributed by atoms with Crippen LogP contribution in [-0.4, -0.2) is 33.8 Å². The van der Waals surface area contributed by atoms with Gasteiger partial charge >= 0.3 is 0 Å². The van der Waals surface area contributed by atoms with E-state index in [0.29, 0.717) is 18.9 Å². The topological polar surface area (TPSA) is 49.4 Å². The van der Waals surface area contributed by atoms with Gasteiger partial charge in [0.25, 0.3) is 0 Å². The van der Waals surface area contributed by atoms with Crippen LogP contribution in [0.5, 0.6) is 0 Å². The molecular formula is C14H22N2O2S. The van der Waals surface area contributed by atoms with Crippen molar-refractivity contribution in [3.63, 3.8) is 0 Å². The van der Waals surface area contributed by atoms with Crippen LogP contribution in [0.1, 0.15) is 19.8 Å². The Morgan fingerprint density at radius 2 is 2.05 bits per heavy atom. The average Bonchev–Trinajstić information content (AvgIpc) is 2.86. The van der Waals surface area contributed by atoms with Gasteiger partial charge in [-0.15, -0.1) is 0 Å². The Bertz CT molecular complexity index is 487. The Balaban J connectivity index is 1.83. The standard InChI is InChI=1S/C14H22N2O2S/c1-2-10-19(17,18)15-11-13-8-9-16(12-13)14-6-4-3-5-7-14/h3-7,13,15H,2,8-12H2,1H3. The van der Waals surface area contributed by atoms with Gasteiger partial charge in [-0.3, -0.25) is 0 Å². The lowest BCUT2D eigenvalue weighted by Gasteiger charge is -2.18. The number of nitrogens with zero attached hydrogens (tertiary/aromatic N) is 1. The molecule has 1 heterocycles. The molecule has 0 aromatic heterocycles. The SMILES string of the molecule is CCCS(=O)(=O)NCC1CCN(c2ccccc2)C1. The van der Waals surface area contributed by atoms with Crippen LogP contribution in [0.15, 0.2) is 30.3 Å². The molecule has 1 unspecified atom stereocenters. The lowest BCUT2D eigenvalue weighted by molar-refractivity contribution is 0.541. The van der Waals surface area contributed by atoms with E-state index in [4.69, 9.17) is 0 Å². The Labute approximate surface area is 115 Å². The minimum atomic E-state index is -3.07. The lowest BCUT2D eigenvalue weighted by atomic mass is 10.1. The molecule has 19 heavy (non-hydrogen) atoms. The van der Waals surface area contributed by atoms with E-state index in [1.165, 1.54) is 5.69 Å². The van der Waals surface area contributed by atoms with Crippen LogP contribution in [0.2, 0.25) is 0 Å². The molecule has 5 heteroatoms. The Morgan fingerprint density at radius 3 is 2.74 bits per heavy atom. The number of para-hydroxylation sites is 1. The summed E-state index contributed by atoms with van der Waals surface area (Å²) in [6, 6.07) is 10.3. The number of nitrogens with one attached hydrogen (secondary N) is 1. The third-order valence-corrected chi connectivity index (χ3v) is 5.02. The zero-order valence-electron chi connectivity index (χ0n) is 11.4. The van der Waals surface area contributed by atoms with Crippen LogP contribution in [0.25, 0.3) is 0 Å². The highest BCUT2D eigenvalue weighted by molar-refractivity contribution is 7.89. The summed E-state index contributed by atoms with van der Waals surface area (Å²) in [7, 11) is -3.07. The first-order chi connectivity index (χ1) is 9.11. The van der Waals surface area contributed by atoms with Gasteiger partial charge in [0.05, 0.1) is 5.75 Å². The van der Waals surface area contributed by atoms with E-state index in [2.05, 4.69) is 21.8 Å². The molecule has 1 aliphatic rings. The van der Waals surface area contributed by atoms with Gasteiger partial charge in [-0.05, 0) is 30.9 Å². The van der Waals surface area contributed by atoms with E-state index < -0.39 is 10.0 Å². The number of hydrogen-bond acceptors (Lipinski definition) is 3. The molecule has 2 rings (SSSR count). The number of benzene rings is 1. The van der Waals surface area contributed by atoms with Crippen molar-refractivity contribution in [3.05, 3.63) is 30.3 Å². The number of hydrogen-bond donors (Lipinski definition) is 1.